The maximum Gasteiger partial charge on any atom is 0.252 e. The molecule has 6 nitrogen and oxygen atoms in total. The fraction of sp³-hybridized carbons (Fsp3) is 0.500. The highest BCUT2D eigenvalue weighted by atomic mass is 16.5. The highest BCUT2D eigenvalue weighted by Gasteiger charge is 2.38. The zero-order valence-electron chi connectivity index (χ0n) is 15.9. The van der Waals surface area contributed by atoms with E-state index in [1.807, 2.05) is 31.2 Å². The van der Waals surface area contributed by atoms with Crippen LogP contribution in [-0.2, 0) is 16.1 Å². The number of carbonyl (C=O) groups is 1. The number of carbonyl (C=O) groups excluding carboxylic acids is 1. The van der Waals surface area contributed by atoms with Crippen molar-refractivity contribution in [1.82, 2.24) is 14.8 Å². The topological polar surface area (TPSA) is 65.6 Å². The van der Waals surface area contributed by atoms with Crippen molar-refractivity contribution in [1.29, 1.82) is 0 Å². The minimum Gasteiger partial charge on any atom is -0.384 e. The van der Waals surface area contributed by atoms with Crippen LogP contribution in [0.2, 0.25) is 0 Å². The highest BCUT2D eigenvalue weighted by Crippen LogP contribution is 2.26. The fourth-order valence-electron chi connectivity index (χ4n) is 3.80. The van der Waals surface area contributed by atoms with Crippen LogP contribution in [0.4, 0.5) is 0 Å². The lowest BCUT2D eigenvalue weighted by molar-refractivity contribution is -0.134. The molecule has 0 spiro atoms. The monoisotopic (exact) mass is 357 g/mol. The van der Waals surface area contributed by atoms with Crippen molar-refractivity contribution in [2.45, 2.75) is 13.5 Å². The van der Waals surface area contributed by atoms with Crippen LogP contribution in [0.5, 0.6) is 0 Å². The van der Waals surface area contributed by atoms with E-state index in [2.05, 4.69) is 9.88 Å². The number of nitrogens with one attached hydrogen (secondary N) is 1. The van der Waals surface area contributed by atoms with Crippen molar-refractivity contribution in [3.8, 4) is 0 Å². The molecule has 6 heteroatoms. The Morgan fingerprint density at radius 2 is 2.08 bits per heavy atom. The maximum absolute atomic E-state index is 12.5. The third-order valence-electron chi connectivity index (χ3n) is 5.13. The number of pyridine rings is 1. The van der Waals surface area contributed by atoms with Gasteiger partial charge in [0.25, 0.3) is 5.56 Å². The first-order valence-corrected chi connectivity index (χ1v) is 8.94. The number of aryl methyl sites for hydroxylation is 1. The van der Waals surface area contributed by atoms with Crippen LogP contribution in [-0.4, -0.2) is 61.6 Å². The standard InChI is InChI=1S/C20H27N3O3/c1-13-5-6-14-8-15(19(24)21-18(14)7-13)9-23-10-16(12-26-4)17(11-23)20(25)22(2)3/h5-8,16-17H,9-12H2,1-4H3,(H,21,24). The number of benzene rings is 1. The van der Waals surface area contributed by atoms with Crippen LogP contribution in [0.15, 0.2) is 29.1 Å². The number of nitrogens with zero attached hydrogens (tertiary/aromatic N) is 2. The van der Waals surface area contributed by atoms with E-state index in [1.165, 1.54) is 0 Å². The lowest BCUT2D eigenvalue weighted by Crippen LogP contribution is -2.35. The van der Waals surface area contributed by atoms with Gasteiger partial charge in [0.2, 0.25) is 5.91 Å². The Bertz CT molecular complexity index is 859. The zero-order chi connectivity index (χ0) is 18.8. The number of methoxy groups -OCH3 is 1. The van der Waals surface area contributed by atoms with Gasteiger partial charge in [0.1, 0.15) is 0 Å². The van der Waals surface area contributed by atoms with E-state index in [-0.39, 0.29) is 23.3 Å². The molecule has 0 bridgehead atoms. The zero-order valence-corrected chi connectivity index (χ0v) is 15.9. The Labute approximate surface area is 153 Å². The van der Waals surface area contributed by atoms with Gasteiger partial charge in [-0.25, -0.2) is 0 Å². The Balaban J connectivity index is 1.81. The van der Waals surface area contributed by atoms with E-state index < -0.39 is 0 Å². The molecule has 0 radical (unpaired) electrons. The third-order valence-corrected chi connectivity index (χ3v) is 5.13. The van der Waals surface area contributed by atoms with E-state index >= 15 is 0 Å². The van der Waals surface area contributed by atoms with Crippen molar-refractivity contribution >= 4 is 16.8 Å². The molecule has 0 saturated carbocycles. The summed E-state index contributed by atoms with van der Waals surface area (Å²) in [7, 11) is 5.23. The summed E-state index contributed by atoms with van der Waals surface area (Å²) in [6.45, 7) is 4.50. The third kappa shape index (κ3) is 3.81. The number of ether oxygens (including phenoxy) is 1. The summed E-state index contributed by atoms with van der Waals surface area (Å²) in [5.74, 6) is 0.182. The van der Waals surface area contributed by atoms with Crippen molar-refractivity contribution < 1.29 is 9.53 Å². The predicted octanol–water partition coefficient (Wildman–Crippen LogP) is 1.62. The van der Waals surface area contributed by atoms with Crippen LogP contribution in [0.3, 0.4) is 0 Å². The molecule has 26 heavy (non-hydrogen) atoms. The van der Waals surface area contributed by atoms with Crippen LogP contribution < -0.4 is 5.56 Å². The SMILES string of the molecule is COCC1CN(Cc2cc3ccc(C)cc3[nH]c2=O)CC1C(=O)N(C)C. The lowest BCUT2D eigenvalue weighted by atomic mass is 9.96. The second kappa shape index (κ2) is 7.60. The Morgan fingerprint density at radius 3 is 2.77 bits per heavy atom. The van der Waals surface area contributed by atoms with Gasteiger partial charge in [0.15, 0.2) is 0 Å². The van der Waals surface area contributed by atoms with E-state index in [0.29, 0.717) is 19.7 Å². The maximum atomic E-state index is 12.5. The van der Waals surface area contributed by atoms with Crippen LogP contribution in [0, 0.1) is 18.8 Å². The van der Waals surface area contributed by atoms with Gasteiger partial charge in [-0.2, -0.15) is 0 Å². The predicted molar refractivity (Wildman–Crippen MR) is 102 cm³/mol. The van der Waals surface area contributed by atoms with Gasteiger partial charge in [0.05, 0.1) is 12.5 Å². The van der Waals surface area contributed by atoms with Gasteiger partial charge >= 0.3 is 0 Å². The largest absolute Gasteiger partial charge is 0.384 e. The summed E-state index contributed by atoms with van der Waals surface area (Å²) in [6.07, 6.45) is 0. The minimum atomic E-state index is -0.0906. The summed E-state index contributed by atoms with van der Waals surface area (Å²) in [5, 5.41) is 1.03. The fourth-order valence-corrected chi connectivity index (χ4v) is 3.80. The molecule has 140 valence electrons. The van der Waals surface area contributed by atoms with Gasteiger partial charge < -0.3 is 14.6 Å². The van der Waals surface area contributed by atoms with Crippen molar-refractivity contribution in [3.05, 3.63) is 45.7 Å². The molecule has 1 amide bonds. The minimum absolute atomic E-state index is 0.0613. The molecule has 2 atom stereocenters. The number of aromatic nitrogens is 1. The molecule has 1 aromatic heterocycles. The number of fused-ring (bicyclic) bond motifs is 1. The van der Waals surface area contributed by atoms with Crippen LogP contribution in [0.1, 0.15) is 11.1 Å². The molecule has 1 aliphatic rings. The molecule has 3 rings (SSSR count). The second-order valence-corrected chi connectivity index (χ2v) is 7.46. The van der Waals surface area contributed by atoms with Crippen molar-refractivity contribution in [2.75, 3.05) is 40.9 Å². The van der Waals surface area contributed by atoms with Crippen LogP contribution in [0.25, 0.3) is 10.9 Å². The van der Waals surface area contributed by atoms with Gasteiger partial charge in [-0.3, -0.25) is 14.5 Å². The summed E-state index contributed by atoms with van der Waals surface area (Å²) in [5.41, 5.74) is 2.65. The summed E-state index contributed by atoms with van der Waals surface area (Å²) in [6, 6.07) is 8.01. The molecule has 0 aliphatic carbocycles. The number of hydrogen-bond acceptors (Lipinski definition) is 4. The average Bonchev–Trinajstić information content (AvgIpc) is 2.97. The average molecular weight is 357 g/mol. The summed E-state index contributed by atoms with van der Waals surface area (Å²) >= 11 is 0. The number of aromatic amines is 1. The Hall–Kier alpha value is -2.18. The number of hydrogen-bond donors (Lipinski definition) is 1. The van der Waals surface area contributed by atoms with E-state index in [9.17, 15) is 9.59 Å². The first kappa shape index (κ1) is 18.6. The van der Waals surface area contributed by atoms with Crippen molar-refractivity contribution in [2.24, 2.45) is 11.8 Å². The normalized spacial score (nSPS) is 20.6. The van der Waals surface area contributed by atoms with Gasteiger partial charge in [-0.15, -0.1) is 0 Å². The molecule has 1 aromatic carbocycles. The molecular weight excluding hydrogens is 330 g/mol. The van der Waals surface area contributed by atoms with E-state index in [0.717, 1.165) is 28.6 Å². The molecule has 2 unspecified atom stereocenters. The number of likely N-dealkylation sites (tertiary alicyclic amines) is 1. The van der Waals surface area contributed by atoms with Gasteiger partial charge in [0, 0.05) is 57.8 Å². The number of H-pyrrole nitrogens is 1. The molecule has 1 fully saturated rings. The quantitative estimate of drug-likeness (QED) is 0.883. The van der Waals surface area contributed by atoms with Crippen molar-refractivity contribution in [3.63, 3.8) is 0 Å². The van der Waals surface area contributed by atoms with Gasteiger partial charge in [-0.05, 0) is 30.0 Å². The first-order chi connectivity index (χ1) is 12.4. The van der Waals surface area contributed by atoms with Gasteiger partial charge in [-0.1, -0.05) is 12.1 Å². The van der Waals surface area contributed by atoms with E-state index in [1.54, 1.807) is 26.1 Å². The first-order valence-electron chi connectivity index (χ1n) is 8.94. The summed E-state index contributed by atoms with van der Waals surface area (Å²) < 4.78 is 5.31. The van der Waals surface area contributed by atoms with E-state index in [4.69, 9.17) is 4.74 Å². The molecule has 1 saturated heterocycles. The smallest absolute Gasteiger partial charge is 0.252 e. The highest BCUT2D eigenvalue weighted by molar-refractivity contribution is 5.80. The number of amides is 1. The molecule has 1 aliphatic heterocycles. The Kier molecular flexibility index (Phi) is 5.44. The molecule has 2 aromatic rings. The Morgan fingerprint density at radius 1 is 1.31 bits per heavy atom. The summed E-state index contributed by atoms with van der Waals surface area (Å²) in [4.78, 5) is 31.8. The number of rotatable bonds is 5. The molecule has 2 heterocycles. The van der Waals surface area contributed by atoms with Crippen LogP contribution >= 0.6 is 0 Å². The lowest BCUT2D eigenvalue weighted by Gasteiger charge is -2.20. The molecule has 1 N–H and O–H groups in total. The second-order valence-electron chi connectivity index (χ2n) is 7.46. The molecular formula is C20H27N3O3.